The second-order valence-corrected chi connectivity index (χ2v) is 15.7. The maximum absolute atomic E-state index is 13.2. The molecule has 3 fully saturated rings. The van der Waals surface area contributed by atoms with Crippen LogP contribution in [0.15, 0.2) is 132 Å². The van der Waals surface area contributed by atoms with E-state index in [9.17, 15) is 24.6 Å². The first-order valence-electron chi connectivity index (χ1n) is 20.9. The second kappa shape index (κ2) is 19.8. The molecule has 13 nitrogen and oxygen atoms in total. The molecule has 0 saturated carbocycles. The molecule has 3 saturated heterocycles. The highest BCUT2D eigenvalue weighted by molar-refractivity contribution is 5.89. The number of hydrogen-bond acceptors (Lipinski definition) is 11. The third-order valence-electron chi connectivity index (χ3n) is 11.5. The second-order valence-electron chi connectivity index (χ2n) is 15.7. The molecule has 9 rings (SSSR count). The lowest BCUT2D eigenvalue weighted by Crippen LogP contribution is -2.52. The maximum atomic E-state index is 13.2. The first-order chi connectivity index (χ1) is 30.3. The summed E-state index contributed by atoms with van der Waals surface area (Å²) in [6.45, 7) is 4.20. The maximum Gasteiger partial charge on any atom is 0.408 e. The molecule has 3 aliphatic heterocycles. The van der Waals surface area contributed by atoms with Gasteiger partial charge >= 0.3 is 12.1 Å². The molecular formula is C49H50N4O9. The molecule has 0 unspecified atom stereocenters. The van der Waals surface area contributed by atoms with Gasteiger partial charge in [-0.1, -0.05) is 72.8 Å². The number of H-pyrrole nitrogens is 1. The number of carbonyl (C=O) groups excluding carboxylic acids is 2. The van der Waals surface area contributed by atoms with Crippen molar-refractivity contribution in [3.05, 3.63) is 171 Å². The number of alkyl carbamates (subject to hydrolysis) is 1. The van der Waals surface area contributed by atoms with Gasteiger partial charge in [-0.15, -0.1) is 0 Å². The van der Waals surface area contributed by atoms with Crippen LogP contribution in [0.4, 0.5) is 4.79 Å². The highest BCUT2D eigenvalue weighted by Gasteiger charge is 2.37. The molecule has 2 bridgehead atoms. The number of ether oxygens (including phenoxy) is 4. The van der Waals surface area contributed by atoms with Crippen molar-refractivity contribution < 1.29 is 38.7 Å². The van der Waals surface area contributed by atoms with Gasteiger partial charge < -0.3 is 44.8 Å². The Kier molecular flexibility index (Phi) is 13.4. The number of phenolic OH excluding ortho intramolecular Hbond substituents is 1. The van der Waals surface area contributed by atoms with Gasteiger partial charge in [0.05, 0.1) is 23.2 Å². The number of benzene rings is 5. The monoisotopic (exact) mass is 838 g/mol. The summed E-state index contributed by atoms with van der Waals surface area (Å²) >= 11 is 0. The number of aliphatic hydroxyl groups excluding tert-OH is 1. The molecule has 320 valence electrons. The Hall–Kier alpha value is -6.67. The SMILES string of the molecule is O=C(N[C@@H](c1ccccc1)c1cccc(OCc2ccc(C(=O)OCCOc3ccc(CNC[C@H](O)c4ccc(O)c5[nH]c(=O)ccc45)cc3)cc2)c1)O[C@H]1CN2CCC1CC2. The van der Waals surface area contributed by atoms with Crippen LogP contribution in [0.1, 0.15) is 63.2 Å². The van der Waals surface area contributed by atoms with E-state index in [0.717, 1.165) is 54.7 Å². The number of esters is 1. The van der Waals surface area contributed by atoms with E-state index in [2.05, 4.69) is 20.5 Å². The number of piperidine rings is 3. The fourth-order valence-corrected chi connectivity index (χ4v) is 8.12. The van der Waals surface area contributed by atoms with Crippen LogP contribution in [0.25, 0.3) is 10.9 Å². The molecule has 3 aliphatic rings. The number of phenols is 1. The standard InChI is InChI=1S/C49H50N4O9/c54-42-19-17-40(41-18-20-45(56)51-47(41)42)43(55)29-50-28-32-11-15-38(16-12-32)59-25-26-60-48(57)36-13-9-33(10-14-36)31-61-39-8-4-7-37(27-39)46(35-5-2-1-3-6-35)52-49(58)62-44-30-53-23-21-34(44)22-24-53/h1-20,27,34,43-44,46,50,54-55H,21-26,28-31H2,(H,51,56)(H,52,58)/t43-,44-,46-/m0/s1. The van der Waals surface area contributed by atoms with E-state index < -0.39 is 24.2 Å². The number of nitrogens with zero attached hydrogens (tertiary/aromatic N) is 1. The molecule has 0 radical (unpaired) electrons. The number of hydrogen-bond donors (Lipinski definition) is 5. The van der Waals surface area contributed by atoms with E-state index in [4.69, 9.17) is 18.9 Å². The van der Waals surface area contributed by atoms with Crippen LogP contribution in [0, 0.1) is 5.92 Å². The molecule has 5 aromatic carbocycles. The summed E-state index contributed by atoms with van der Waals surface area (Å²) in [5, 5.41) is 27.8. The van der Waals surface area contributed by atoms with E-state index in [-0.39, 0.29) is 43.8 Å². The molecule has 6 aromatic rings. The lowest BCUT2D eigenvalue weighted by molar-refractivity contribution is -0.0336. The topological polar surface area (TPSA) is 172 Å². The third kappa shape index (κ3) is 10.6. The van der Waals surface area contributed by atoms with Crippen molar-refractivity contribution in [2.75, 3.05) is 39.4 Å². The number of aromatic hydroxyl groups is 1. The van der Waals surface area contributed by atoms with Crippen LogP contribution >= 0.6 is 0 Å². The highest BCUT2D eigenvalue weighted by Crippen LogP contribution is 2.32. The molecular weight excluding hydrogens is 789 g/mol. The highest BCUT2D eigenvalue weighted by atomic mass is 16.6. The molecule has 0 aliphatic carbocycles. The van der Waals surface area contributed by atoms with Gasteiger partial charge in [-0.05, 0) is 108 Å². The fourth-order valence-electron chi connectivity index (χ4n) is 8.12. The Morgan fingerprint density at radius 2 is 1.55 bits per heavy atom. The summed E-state index contributed by atoms with van der Waals surface area (Å²) in [5.74, 6) is 1.16. The molecule has 5 N–H and O–H groups in total. The zero-order valence-electron chi connectivity index (χ0n) is 34.2. The molecule has 1 aromatic heterocycles. The average molecular weight is 839 g/mol. The minimum atomic E-state index is -0.863. The number of nitrogens with one attached hydrogen (secondary N) is 3. The molecule has 3 atom stereocenters. The Morgan fingerprint density at radius 3 is 2.31 bits per heavy atom. The van der Waals surface area contributed by atoms with Gasteiger partial charge in [0.25, 0.3) is 0 Å². The third-order valence-corrected chi connectivity index (χ3v) is 11.5. The zero-order chi connectivity index (χ0) is 42.8. The Bertz CT molecular complexity index is 2510. The Balaban J connectivity index is 0.762. The van der Waals surface area contributed by atoms with Gasteiger partial charge in [0.15, 0.2) is 0 Å². The Morgan fingerprint density at radius 1 is 0.790 bits per heavy atom. The number of aromatic nitrogens is 1. The predicted octanol–water partition coefficient (Wildman–Crippen LogP) is 6.78. The van der Waals surface area contributed by atoms with E-state index in [1.807, 2.05) is 91.0 Å². The summed E-state index contributed by atoms with van der Waals surface area (Å²) in [4.78, 5) is 42.7. The van der Waals surface area contributed by atoms with Crippen molar-refractivity contribution in [3.8, 4) is 17.2 Å². The minimum Gasteiger partial charge on any atom is -0.506 e. The Labute approximate surface area is 359 Å². The first kappa shape index (κ1) is 42.0. The zero-order valence-corrected chi connectivity index (χ0v) is 34.2. The summed E-state index contributed by atoms with van der Waals surface area (Å²) in [7, 11) is 0. The summed E-state index contributed by atoms with van der Waals surface area (Å²) in [5.41, 5.74) is 4.60. The molecule has 13 heteroatoms. The summed E-state index contributed by atoms with van der Waals surface area (Å²) in [6, 6.07) is 37.6. The van der Waals surface area contributed by atoms with Crippen LogP contribution in [0.3, 0.4) is 0 Å². The number of amides is 1. The molecule has 4 heterocycles. The van der Waals surface area contributed by atoms with Gasteiger partial charge in [0.2, 0.25) is 5.56 Å². The van der Waals surface area contributed by atoms with Crippen LogP contribution in [-0.2, 0) is 22.6 Å². The van der Waals surface area contributed by atoms with Crippen molar-refractivity contribution in [3.63, 3.8) is 0 Å². The van der Waals surface area contributed by atoms with Gasteiger partial charge in [-0.2, -0.15) is 0 Å². The lowest BCUT2D eigenvalue weighted by atomic mass is 9.86. The summed E-state index contributed by atoms with van der Waals surface area (Å²) < 4.78 is 23.4. The van der Waals surface area contributed by atoms with Crippen molar-refractivity contribution in [1.29, 1.82) is 0 Å². The van der Waals surface area contributed by atoms with Crippen LogP contribution in [-0.4, -0.2) is 77.7 Å². The average Bonchev–Trinajstić information content (AvgIpc) is 3.30. The predicted molar refractivity (Wildman–Crippen MR) is 233 cm³/mol. The molecule has 62 heavy (non-hydrogen) atoms. The number of pyridine rings is 1. The van der Waals surface area contributed by atoms with Crippen molar-refractivity contribution in [2.24, 2.45) is 5.92 Å². The molecule has 1 amide bonds. The molecule has 0 spiro atoms. The van der Waals surface area contributed by atoms with E-state index in [0.29, 0.717) is 46.0 Å². The normalized spacial score (nSPS) is 17.8. The van der Waals surface area contributed by atoms with Crippen molar-refractivity contribution in [2.45, 2.75) is 44.2 Å². The first-order valence-corrected chi connectivity index (χ1v) is 20.9. The van der Waals surface area contributed by atoms with Crippen LogP contribution in [0.2, 0.25) is 0 Å². The van der Waals surface area contributed by atoms with Crippen LogP contribution in [0.5, 0.6) is 17.2 Å². The minimum absolute atomic E-state index is 0.0570. The lowest BCUT2D eigenvalue weighted by Gasteiger charge is -2.43. The number of aromatic amines is 1. The van der Waals surface area contributed by atoms with Gasteiger partial charge in [-0.3, -0.25) is 9.69 Å². The number of carbonyl (C=O) groups is 2. The number of fused-ring (bicyclic) bond motifs is 4. The smallest absolute Gasteiger partial charge is 0.408 e. The van der Waals surface area contributed by atoms with Crippen molar-refractivity contribution in [1.82, 2.24) is 20.5 Å². The number of aliphatic hydroxyl groups is 1. The van der Waals surface area contributed by atoms with Crippen molar-refractivity contribution >= 4 is 23.0 Å². The van der Waals surface area contributed by atoms with Gasteiger partial charge in [0, 0.05) is 31.1 Å². The largest absolute Gasteiger partial charge is 0.506 e. The van der Waals surface area contributed by atoms with E-state index in [1.54, 1.807) is 24.3 Å². The van der Waals surface area contributed by atoms with Crippen LogP contribution < -0.4 is 25.7 Å². The fraction of sp³-hybridized carbons (Fsp3) is 0.286. The van der Waals surface area contributed by atoms with Gasteiger partial charge in [-0.25, -0.2) is 9.59 Å². The van der Waals surface area contributed by atoms with E-state index >= 15 is 0 Å². The van der Waals surface area contributed by atoms with Gasteiger partial charge in [0.1, 0.15) is 43.2 Å². The summed E-state index contributed by atoms with van der Waals surface area (Å²) in [6.07, 6.45) is 0.745. The quantitative estimate of drug-likeness (QED) is 0.0485. The number of rotatable bonds is 17. The van der Waals surface area contributed by atoms with E-state index in [1.165, 1.54) is 12.1 Å².